The van der Waals surface area contributed by atoms with Crippen LogP contribution in [0.1, 0.15) is 34.8 Å². The van der Waals surface area contributed by atoms with Gasteiger partial charge in [0.2, 0.25) is 5.91 Å². The number of benzene rings is 2. The molecule has 2 amide bonds. The standard InChI is InChI=1S/C21H22N2O4/c1-4-27-21(26)15-5-7-17(8-6-15)23-19(24)12-18(20(23)25)22-16-10-13(2)9-14(3)11-16/h5-11,18,22H,4,12H2,1-3H3/t18-/m0/s1. The molecule has 2 aromatic carbocycles. The summed E-state index contributed by atoms with van der Waals surface area (Å²) in [6.07, 6.45) is 0.0887. The van der Waals surface area contributed by atoms with Crippen molar-refractivity contribution in [3.05, 3.63) is 59.2 Å². The normalized spacial score (nSPS) is 16.6. The third-order valence-electron chi connectivity index (χ3n) is 4.35. The maximum absolute atomic E-state index is 12.8. The minimum Gasteiger partial charge on any atom is -0.462 e. The molecule has 1 N–H and O–H groups in total. The Hall–Kier alpha value is -3.15. The number of anilines is 2. The molecule has 6 heteroatoms. The van der Waals surface area contributed by atoms with Gasteiger partial charge in [-0.15, -0.1) is 0 Å². The van der Waals surface area contributed by atoms with E-state index in [0.717, 1.165) is 21.7 Å². The zero-order valence-electron chi connectivity index (χ0n) is 15.6. The molecule has 0 radical (unpaired) electrons. The molecule has 0 saturated carbocycles. The van der Waals surface area contributed by atoms with Gasteiger partial charge < -0.3 is 10.1 Å². The third kappa shape index (κ3) is 4.00. The number of amides is 2. The van der Waals surface area contributed by atoms with Crippen LogP contribution in [0.5, 0.6) is 0 Å². The largest absolute Gasteiger partial charge is 0.462 e. The zero-order chi connectivity index (χ0) is 19.6. The van der Waals surface area contributed by atoms with Crippen LogP contribution in [-0.2, 0) is 14.3 Å². The molecular formula is C21H22N2O4. The molecule has 0 aromatic heterocycles. The summed E-state index contributed by atoms with van der Waals surface area (Å²) in [6, 6.07) is 11.6. The summed E-state index contributed by atoms with van der Waals surface area (Å²) in [5, 5.41) is 3.16. The predicted molar refractivity (Wildman–Crippen MR) is 103 cm³/mol. The van der Waals surface area contributed by atoms with E-state index in [9.17, 15) is 14.4 Å². The first-order valence-electron chi connectivity index (χ1n) is 8.88. The lowest BCUT2D eigenvalue weighted by molar-refractivity contribution is -0.121. The van der Waals surface area contributed by atoms with E-state index < -0.39 is 12.0 Å². The van der Waals surface area contributed by atoms with Gasteiger partial charge in [0, 0.05) is 5.69 Å². The highest BCUT2D eigenvalue weighted by atomic mass is 16.5. The van der Waals surface area contributed by atoms with E-state index in [-0.39, 0.29) is 24.8 Å². The molecule has 1 saturated heterocycles. The van der Waals surface area contributed by atoms with Crippen LogP contribution in [0, 0.1) is 13.8 Å². The lowest BCUT2D eigenvalue weighted by atomic mass is 10.1. The summed E-state index contributed by atoms with van der Waals surface area (Å²) in [6.45, 7) is 5.99. The summed E-state index contributed by atoms with van der Waals surface area (Å²) < 4.78 is 4.94. The highest BCUT2D eigenvalue weighted by molar-refractivity contribution is 6.23. The van der Waals surface area contributed by atoms with E-state index in [4.69, 9.17) is 4.74 Å². The number of nitrogens with one attached hydrogen (secondary N) is 1. The van der Waals surface area contributed by atoms with Crippen LogP contribution < -0.4 is 10.2 Å². The predicted octanol–water partition coefficient (Wildman–Crippen LogP) is 3.22. The summed E-state index contributed by atoms with van der Waals surface area (Å²) in [4.78, 5) is 38.1. The second-order valence-corrected chi connectivity index (χ2v) is 6.61. The molecule has 0 bridgehead atoms. The van der Waals surface area contributed by atoms with Crippen molar-refractivity contribution >= 4 is 29.2 Å². The maximum atomic E-state index is 12.8. The van der Waals surface area contributed by atoms with Crippen LogP contribution in [0.25, 0.3) is 0 Å². The molecule has 6 nitrogen and oxygen atoms in total. The quantitative estimate of drug-likeness (QED) is 0.649. The molecule has 27 heavy (non-hydrogen) atoms. The van der Waals surface area contributed by atoms with Crippen LogP contribution >= 0.6 is 0 Å². The van der Waals surface area contributed by atoms with Crippen LogP contribution in [0.15, 0.2) is 42.5 Å². The molecule has 0 aliphatic carbocycles. The molecule has 140 valence electrons. The minimum atomic E-state index is -0.608. The van der Waals surface area contributed by atoms with Crippen molar-refractivity contribution in [3.8, 4) is 0 Å². The molecule has 1 fully saturated rings. The number of nitrogens with zero attached hydrogens (tertiary/aromatic N) is 1. The van der Waals surface area contributed by atoms with Crippen molar-refractivity contribution in [1.29, 1.82) is 0 Å². The number of hydrogen-bond acceptors (Lipinski definition) is 5. The molecule has 1 aliphatic heterocycles. The van der Waals surface area contributed by atoms with Crippen molar-refractivity contribution in [2.75, 3.05) is 16.8 Å². The molecule has 1 atom stereocenters. The van der Waals surface area contributed by atoms with Gasteiger partial charge in [0.15, 0.2) is 0 Å². The molecule has 1 aliphatic rings. The number of ether oxygens (including phenoxy) is 1. The summed E-state index contributed by atoms with van der Waals surface area (Å²) in [5.74, 6) is -1.01. The van der Waals surface area contributed by atoms with Crippen LogP contribution in [0.4, 0.5) is 11.4 Å². The Kier molecular flexibility index (Phi) is 5.26. The summed E-state index contributed by atoms with van der Waals surface area (Å²) in [5.41, 5.74) is 3.81. The Morgan fingerprint density at radius 1 is 1.11 bits per heavy atom. The molecular weight excluding hydrogens is 344 g/mol. The van der Waals surface area contributed by atoms with Crippen molar-refractivity contribution in [1.82, 2.24) is 0 Å². The second-order valence-electron chi connectivity index (χ2n) is 6.61. The van der Waals surface area contributed by atoms with Gasteiger partial charge in [-0.2, -0.15) is 0 Å². The molecule has 0 spiro atoms. The fourth-order valence-corrected chi connectivity index (χ4v) is 3.24. The summed E-state index contributed by atoms with van der Waals surface area (Å²) in [7, 11) is 0. The number of aryl methyl sites for hydroxylation is 2. The first kappa shape index (κ1) is 18.6. The molecule has 0 unspecified atom stereocenters. The minimum absolute atomic E-state index is 0.0887. The first-order chi connectivity index (χ1) is 12.9. The van der Waals surface area contributed by atoms with Gasteiger partial charge in [-0.1, -0.05) is 6.07 Å². The van der Waals surface area contributed by atoms with Crippen molar-refractivity contribution in [2.24, 2.45) is 0 Å². The number of esters is 1. The van der Waals surface area contributed by atoms with Gasteiger partial charge >= 0.3 is 5.97 Å². The van der Waals surface area contributed by atoms with E-state index in [1.807, 2.05) is 32.0 Å². The molecule has 3 rings (SSSR count). The second kappa shape index (κ2) is 7.61. The number of carbonyl (C=O) groups excluding carboxylic acids is 3. The maximum Gasteiger partial charge on any atom is 0.338 e. The lowest BCUT2D eigenvalue weighted by Crippen LogP contribution is -2.34. The number of carbonyl (C=O) groups is 3. The van der Waals surface area contributed by atoms with Gasteiger partial charge in [-0.05, 0) is 68.3 Å². The van der Waals surface area contributed by atoms with Gasteiger partial charge in [-0.3, -0.25) is 9.59 Å². The van der Waals surface area contributed by atoms with Gasteiger partial charge in [-0.25, -0.2) is 9.69 Å². The molecule has 1 heterocycles. The highest BCUT2D eigenvalue weighted by Gasteiger charge is 2.39. The lowest BCUT2D eigenvalue weighted by Gasteiger charge is -2.17. The van der Waals surface area contributed by atoms with E-state index in [1.54, 1.807) is 31.2 Å². The number of hydrogen-bond donors (Lipinski definition) is 1. The SMILES string of the molecule is CCOC(=O)c1ccc(N2C(=O)C[C@H](Nc3cc(C)cc(C)c3)C2=O)cc1. The fraction of sp³-hybridized carbons (Fsp3) is 0.286. The monoisotopic (exact) mass is 366 g/mol. The number of rotatable bonds is 5. The average Bonchev–Trinajstić information content (AvgIpc) is 2.88. The Labute approximate surface area is 158 Å². The van der Waals surface area contributed by atoms with E-state index in [0.29, 0.717) is 11.3 Å². The Balaban J connectivity index is 1.76. The van der Waals surface area contributed by atoms with Crippen LogP contribution in [-0.4, -0.2) is 30.4 Å². The highest BCUT2D eigenvalue weighted by Crippen LogP contribution is 2.26. The Bertz CT molecular complexity index is 869. The van der Waals surface area contributed by atoms with Crippen LogP contribution in [0.3, 0.4) is 0 Å². The van der Waals surface area contributed by atoms with E-state index >= 15 is 0 Å². The van der Waals surface area contributed by atoms with Crippen molar-refractivity contribution < 1.29 is 19.1 Å². The smallest absolute Gasteiger partial charge is 0.338 e. The van der Waals surface area contributed by atoms with Gasteiger partial charge in [0.25, 0.3) is 5.91 Å². The zero-order valence-corrected chi connectivity index (χ0v) is 15.6. The van der Waals surface area contributed by atoms with Crippen LogP contribution in [0.2, 0.25) is 0 Å². The van der Waals surface area contributed by atoms with Crippen molar-refractivity contribution in [2.45, 2.75) is 33.2 Å². The van der Waals surface area contributed by atoms with Gasteiger partial charge in [0.1, 0.15) is 6.04 Å². The molecule has 2 aromatic rings. The third-order valence-corrected chi connectivity index (χ3v) is 4.35. The number of imide groups is 1. The van der Waals surface area contributed by atoms with Gasteiger partial charge in [0.05, 0.1) is 24.3 Å². The first-order valence-corrected chi connectivity index (χ1v) is 8.88. The summed E-state index contributed by atoms with van der Waals surface area (Å²) >= 11 is 0. The van der Waals surface area contributed by atoms with Crippen molar-refractivity contribution in [3.63, 3.8) is 0 Å². The average molecular weight is 366 g/mol. The topological polar surface area (TPSA) is 75.7 Å². The van der Waals surface area contributed by atoms with E-state index in [2.05, 4.69) is 5.32 Å². The Morgan fingerprint density at radius 2 is 1.74 bits per heavy atom. The Morgan fingerprint density at radius 3 is 2.33 bits per heavy atom. The van der Waals surface area contributed by atoms with E-state index in [1.165, 1.54) is 0 Å². The fourth-order valence-electron chi connectivity index (χ4n) is 3.24.